The molecular weight excluding hydrogens is 216 g/mol. The van der Waals surface area contributed by atoms with Crippen LogP contribution in [-0.2, 0) is 5.41 Å². The molecule has 1 atom stereocenters. The van der Waals surface area contributed by atoms with Crippen molar-refractivity contribution in [2.75, 3.05) is 0 Å². The lowest BCUT2D eigenvalue weighted by Crippen LogP contribution is -2.26. The monoisotopic (exact) mass is 240 g/mol. The summed E-state index contributed by atoms with van der Waals surface area (Å²) < 4.78 is 0. The third kappa shape index (κ3) is 2.43. The second-order valence-corrected chi connectivity index (χ2v) is 6.23. The predicted molar refractivity (Wildman–Crippen MR) is 79.8 cm³/mol. The molecule has 2 rings (SSSR count). The standard InChI is InChI=1S/C18H24/c1-13-6-9-16(10-7-13)18(4,5)17-11-8-14(2)12-15(17)3/h6-11,15H,12H2,1-5H3. The van der Waals surface area contributed by atoms with E-state index in [2.05, 4.69) is 71.0 Å². The minimum absolute atomic E-state index is 0.129. The average Bonchev–Trinajstić information content (AvgIpc) is 2.29. The summed E-state index contributed by atoms with van der Waals surface area (Å²) in [6, 6.07) is 8.97. The molecule has 0 aliphatic heterocycles. The molecule has 0 N–H and O–H groups in total. The zero-order valence-electron chi connectivity index (χ0n) is 12.2. The van der Waals surface area contributed by atoms with Crippen LogP contribution >= 0.6 is 0 Å². The van der Waals surface area contributed by atoms with E-state index in [0.29, 0.717) is 5.92 Å². The molecule has 0 nitrogen and oxygen atoms in total. The van der Waals surface area contributed by atoms with E-state index < -0.39 is 0 Å². The van der Waals surface area contributed by atoms with Gasteiger partial charge in [-0.1, -0.05) is 73.9 Å². The first-order chi connectivity index (χ1) is 8.41. The van der Waals surface area contributed by atoms with Crippen molar-refractivity contribution in [1.82, 2.24) is 0 Å². The van der Waals surface area contributed by atoms with Gasteiger partial charge in [-0.3, -0.25) is 0 Å². The lowest BCUT2D eigenvalue weighted by molar-refractivity contribution is 0.508. The van der Waals surface area contributed by atoms with E-state index in [1.54, 1.807) is 5.57 Å². The van der Waals surface area contributed by atoms with Crippen molar-refractivity contribution in [3.63, 3.8) is 0 Å². The molecule has 0 spiro atoms. The number of hydrogen-bond acceptors (Lipinski definition) is 0. The maximum absolute atomic E-state index is 2.35. The Labute approximate surface area is 111 Å². The van der Waals surface area contributed by atoms with Crippen molar-refractivity contribution < 1.29 is 0 Å². The van der Waals surface area contributed by atoms with Crippen LogP contribution in [0.25, 0.3) is 0 Å². The van der Waals surface area contributed by atoms with E-state index in [0.717, 1.165) is 0 Å². The Hall–Kier alpha value is -1.30. The van der Waals surface area contributed by atoms with Crippen LogP contribution in [0.15, 0.2) is 47.6 Å². The Morgan fingerprint density at radius 3 is 2.17 bits per heavy atom. The zero-order valence-corrected chi connectivity index (χ0v) is 12.2. The van der Waals surface area contributed by atoms with Crippen molar-refractivity contribution in [2.45, 2.75) is 46.5 Å². The van der Waals surface area contributed by atoms with Gasteiger partial charge in [-0.25, -0.2) is 0 Å². The number of benzene rings is 1. The normalized spacial score (nSPS) is 20.4. The quantitative estimate of drug-likeness (QED) is 0.667. The summed E-state index contributed by atoms with van der Waals surface area (Å²) >= 11 is 0. The third-order valence-electron chi connectivity index (χ3n) is 4.20. The second-order valence-electron chi connectivity index (χ2n) is 6.23. The van der Waals surface area contributed by atoms with Crippen LogP contribution in [0.5, 0.6) is 0 Å². The SMILES string of the molecule is CC1=CC=C(C(C)(C)c2ccc(C)cc2)C(C)C1. The van der Waals surface area contributed by atoms with Gasteiger partial charge in [-0.05, 0) is 31.7 Å². The number of rotatable bonds is 2. The second kappa shape index (κ2) is 4.76. The van der Waals surface area contributed by atoms with E-state index in [9.17, 15) is 0 Å². The Kier molecular flexibility index (Phi) is 3.47. The van der Waals surface area contributed by atoms with Crippen LogP contribution in [0.1, 0.15) is 45.2 Å². The minimum atomic E-state index is 0.129. The molecule has 0 amide bonds. The minimum Gasteiger partial charge on any atom is -0.0727 e. The zero-order chi connectivity index (χ0) is 13.3. The molecule has 1 aromatic rings. The van der Waals surface area contributed by atoms with Gasteiger partial charge in [0.15, 0.2) is 0 Å². The van der Waals surface area contributed by atoms with Crippen molar-refractivity contribution in [3.05, 3.63) is 58.7 Å². The van der Waals surface area contributed by atoms with Gasteiger partial charge in [0.25, 0.3) is 0 Å². The first-order valence-electron chi connectivity index (χ1n) is 6.86. The lowest BCUT2D eigenvalue weighted by atomic mass is 9.70. The highest BCUT2D eigenvalue weighted by molar-refractivity contribution is 5.40. The maximum Gasteiger partial charge on any atom is 0.0111 e. The van der Waals surface area contributed by atoms with Crippen molar-refractivity contribution in [1.29, 1.82) is 0 Å². The van der Waals surface area contributed by atoms with Crippen molar-refractivity contribution in [2.24, 2.45) is 5.92 Å². The molecular formula is C18H24. The molecule has 1 aliphatic rings. The lowest BCUT2D eigenvalue weighted by Gasteiger charge is -2.35. The largest absolute Gasteiger partial charge is 0.0727 e. The summed E-state index contributed by atoms with van der Waals surface area (Å²) in [4.78, 5) is 0. The smallest absolute Gasteiger partial charge is 0.0111 e. The van der Waals surface area contributed by atoms with Gasteiger partial charge in [-0.15, -0.1) is 0 Å². The van der Waals surface area contributed by atoms with E-state index in [4.69, 9.17) is 0 Å². The summed E-state index contributed by atoms with van der Waals surface area (Å²) in [7, 11) is 0. The summed E-state index contributed by atoms with van der Waals surface area (Å²) in [5, 5.41) is 0. The van der Waals surface area contributed by atoms with Crippen molar-refractivity contribution >= 4 is 0 Å². The van der Waals surface area contributed by atoms with Gasteiger partial charge < -0.3 is 0 Å². The molecule has 0 heteroatoms. The molecule has 0 saturated heterocycles. The van der Waals surface area contributed by atoms with Crippen molar-refractivity contribution in [3.8, 4) is 0 Å². The molecule has 0 saturated carbocycles. The number of allylic oxidation sites excluding steroid dienone is 4. The Bertz CT molecular complexity index is 483. The first kappa shape index (κ1) is 13.1. The Balaban J connectivity index is 2.39. The molecule has 0 heterocycles. The molecule has 18 heavy (non-hydrogen) atoms. The molecule has 1 unspecified atom stereocenters. The molecule has 0 radical (unpaired) electrons. The van der Waals surface area contributed by atoms with E-state index >= 15 is 0 Å². The van der Waals surface area contributed by atoms with Gasteiger partial charge in [0.1, 0.15) is 0 Å². The fourth-order valence-corrected chi connectivity index (χ4v) is 3.02. The van der Waals surface area contributed by atoms with Crippen LogP contribution in [-0.4, -0.2) is 0 Å². The molecule has 1 aromatic carbocycles. The number of aryl methyl sites for hydroxylation is 1. The molecule has 0 aromatic heterocycles. The van der Waals surface area contributed by atoms with E-state index in [1.807, 2.05) is 0 Å². The summed E-state index contributed by atoms with van der Waals surface area (Å²) in [6.07, 6.45) is 5.82. The molecule has 0 fully saturated rings. The summed E-state index contributed by atoms with van der Waals surface area (Å²) in [5.74, 6) is 0.645. The van der Waals surface area contributed by atoms with Crippen LogP contribution in [0.4, 0.5) is 0 Å². The van der Waals surface area contributed by atoms with Gasteiger partial charge in [-0.2, -0.15) is 0 Å². The highest BCUT2D eigenvalue weighted by Crippen LogP contribution is 2.39. The topological polar surface area (TPSA) is 0 Å². The third-order valence-corrected chi connectivity index (χ3v) is 4.20. The van der Waals surface area contributed by atoms with E-state index in [-0.39, 0.29) is 5.41 Å². The van der Waals surface area contributed by atoms with Gasteiger partial charge >= 0.3 is 0 Å². The van der Waals surface area contributed by atoms with Crippen LogP contribution in [0.3, 0.4) is 0 Å². The van der Waals surface area contributed by atoms with Crippen LogP contribution in [0, 0.1) is 12.8 Å². The fourth-order valence-electron chi connectivity index (χ4n) is 3.02. The maximum atomic E-state index is 2.35. The fraction of sp³-hybridized carbons (Fsp3) is 0.444. The summed E-state index contributed by atoms with van der Waals surface area (Å²) in [5.41, 5.74) is 5.92. The highest BCUT2D eigenvalue weighted by Gasteiger charge is 2.29. The predicted octanol–water partition coefficient (Wildman–Crippen LogP) is 5.19. The van der Waals surface area contributed by atoms with Gasteiger partial charge in [0, 0.05) is 5.41 Å². The molecule has 1 aliphatic carbocycles. The Morgan fingerprint density at radius 1 is 1.00 bits per heavy atom. The molecule has 0 bridgehead atoms. The number of hydrogen-bond donors (Lipinski definition) is 0. The molecule has 96 valence electrons. The Morgan fingerprint density at radius 2 is 1.61 bits per heavy atom. The summed E-state index contributed by atoms with van der Waals surface area (Å²) in [6.45, 7) is 11.4. The van der Waals surface area contributed by atoms with E-state index in [1.165, 1.54) is 23.1 Å². The van der Waals surface area contributed by atoms with Gasteiger partial charge in [0.05, 0.1) is 0 Å². The highest BCUT2D eigenvalue weighted by atomic mass is 14.3. The first-order valence-corrected chi connectivity index (χ1v) is 6.86. The van der Waals surface area contributed by atoms with Gasteiger partial charge in [0.2, 0.25) is 0 Å². The average molecular weight is 240 g/mol. The van der Waals surface area contributed by atoms with Crippen LogP contribution in [0.2, 0.25) is 0 Å². The van der Waals surface area contributed by atoms with Crippen LogP contribution < -0.4 is 0 Å².